The molecule has 0 unspecified atom stereocenters. The summed E-state index contributed by atoms with van der Waals surface area (Å²) >= 11 is 5.66. The first-order chi connectivity index (χ1) is 7.59. The maximum atomic E-state index is 12.2. The third-order valence-corrected chi connectivity index (χ3v) is 4.10. The highest BCUT2D eigenvalue weighted by molar-refractivity contribution is 7.53. The minimum absolute atomic E-state index is 0.221. The SMILES string of the molecule is CCOP(=O)(Cc1ccc(Cl)nc1)OCC. The molecule has 4 nitrogen and oxygen atoms in total. The van der Waals surface area contributed by atoms with E-state index in [4.69, 9.17) is 20.6 Å². The summed E-state index contributed by atoms with van der Waals surface area (Å²) in [6.07, 6.45) is 1.80. The van der Waals surface area contributed by atoms with Crippen molar-refractivity contribution < 1.29 is 13.6 Å². The van der Waals surface area contributed by atoms with Gasteiger partial charge in [0.05, 0.1) is 19.4 Å². The molecule has 0 bridgehead atoms. The van der Waals surface area contributed by atoms with Crippen molar-refractivity contribution in [1.29, 1.82) is 0 Å². The van der Waals surface area contributed by atoms with Crippen LogP contribution in [0, 0.1) is 0 Å². The molecule has 6 heteroatoms. The number of rotatable bonds is 6. The zero-order chi connectivity index (χ0) is 12.0. The Balaban J connectivity index is 2.75. The fourth-order valence-corrected chi connectivity index (χ4v) is 3.04. The Bertz CT molecular complexity index is 359. The van der Waals surface area contributed by atoms with Gasteiger partial charge in [-0.2, -0.15) is 0 Å². The van der Waals surface area contributed by atoms with E-state index >= 15 is 0 Å². The average molecular weight is 264 g/mol. The predicted molar refractivity (Wildman–Crippen MR) is 63.8 cm³/mol. The number of hydrogen-bond donors (Lipinski definition) is 0. The number of hydrogen-bond acceptors (Lipinski definition) is 4. The summed E-state index contributed by atoms with van der Waals surface area (Å²) in [6.45, 7) is 4.29. The van der Waals surface area contributed by atoms with Gasteiger partial charge in [-0.05, 0) is 25.5 Å². The Morgan fingerprint density at radius 2 is 1.94 bits per heavy atom. The molecular weight excluding hydrogens is 249 g/mol. The molecule has 1 rings (SSSR count). The van der Waals surface area contributed by atoms with Gasteiger partial charge in [-0.25, -0.2) is 4.98 Å². The fraction of sp³-hybridized carbons (Fsp3) is 0.500. The Hall–Kier alpha value is -0.410. The van der Waals surface area contributed by atoms with E-state index in [9.17, 15) is 4.57 Å². The smallest absolute Gasteiger partial charge is 0.309 e. The lowest BCUT2D eigenvalue weighted by atomic mass is 10.3. The number of aromatic nitrogens is 1. The molecule has 0 saturated heterocycles. The van der Waals surface area contributed by atoms with Crippen LogP contribution in [0.2, 0.25) is 5.15 Å². The summed E-state index contributed by atoms with van der Waals surface area (Å²) in [4.78, 5) is 3.92. The second-order valence-corrected chi connectivity index (χ2v) is 5.54. The third-order valence-electron chi connectivity index (χ3n) is 1.82. The van der Waals surface area contributed by atoms with Crippen LogP contribution in [0.3, 0.4) is 0 Å². The van der Waals surface area contributed by atoms with Gasteiger partial charge in [-0.15, -0.1) is 0 Å². The quantitative estimate of drug-likeness (QED) is 0.582. The standard InChI is InChI=1S/C10H15ClNO3P/c1-3-14-16(13,15-4-2)8-9-5-6-10(11)12-7-9/h5-7H,3-4,8H2,1-2H3. The summed E-state index contributed by atoms with van der Waals surface area (Å²) in [7, 11) is -3.04. The molecule has 0 aliphatic rings. The predicted octanol–water partition coefficient (Wildman–Crippen LogP) is 3.50. The molecule has 0 radical (unpaired) electrons. The van der Waals surface area contributed by atoms with Gasteiger partial charge in [0.1, 0.15) is 5.15 Å². The molecule has 0 N–H and O–H groups in total. The third kappa shape index (κ3) is 4.22. The molecule has 0 aliphatic carbocycles. The summed E-state index contributed by atoms with van der Waals surface area (Å²) in [5.74, 6) is 0. The van der Waals surface area contributed by atoms with E-state index in [-0.39, 0.29) is 6.16 Å². The van der Waals surface area contributed by atoms with E-state index in [0.717, 1.165) is 5.56 Å². The maximum absolute atomic E-state index is 12.2. The van der Waals surface area contributed by atoms with Crippen LogP contribution >= 0.6 is 19.2 Å². The van der Waals surface area contributed by atoms with E-state index in [1.54, 1.807) is 32.2 Å². The number of halogens is 1. The summed E-state index contributed by atoms with van der Waals surface area (Å²) in [5.41, 5.74) is 0.787. The van der Waals surface area contributed by atoms with Gasteiger partial charge in [0.15, 0.2) is 0 Å². The lowest BCUT2D eigenvalue weighted by Crippen LogP contribution is -1.99. The van der Waals surface area contributed by atoms with Crippen LogP contribution in [0.25, 0.3) is 0 Å². The molecule has 0 atom stereocenters. The Morgan fingerprint density at radius 1 is 1.31 bits per heavy atom. The topological polar surface area (TPSA) is 48.4 Å². The van der Waals surface area contributed by atoms with Crippen molar-refractivity contribution in [2.75, 3.05) is 13.2 Å². The zero-order valence-electron chi connectivity index (χ0n) is 9.35. The average Bonchev–Trinajstić information content (AvgIpc) is 2.22. The number of pyridine rings is 1. The van der Waals surface area contributed by atoms with Crippen molar-refractivity contribution in [3.63, 3.8) is 0 Å². The molecule has 0 amide bonds. The molecule has 1 aromatic heterocycles. The summed E-state index contributed by atoms with van der Waals surface area (Å²) in [6, 6.07) is 3.42. The largest absolute Gasteiger partial charge is 0.335 e. The van der Waals surface area contributed by atoms with Gasteiger partial charge in [0.2, 0.25) is 0 Å². The summed E-state index contributed by atoms with van der Waals surface area (Å²) < 4.78 is 22.5. The minimum Gasteiger partial charge on any atom is -0.309 e. The highest BCUT2D eigenvalue weighted by Gasteiger charge is 2.23. The van der Waals surface area contributed by atoms with Crippen LogP contribution < -0.4 is 0 Å². The van der Waals surface area contributed by atoms with Crippen LogP contribution in [-0.2, 0) is 19.8 Å². The van der Waals surface area contributed by atoms with Crippen molar-refractivity contribution >= 4 is 19.2 Å². The molecular formula is C10H15ClNO3P. The molecule has 0 spiro atoms. The van der Waals surface area contributed by atoms with E-state index in [1.165, 1.54) is 0 Å². The molecule has 90 valence electrons. The first-order valence-corrected chi connectivity index (χ1v) is 7.19. The zero-order valence-corrected chi connectivity index (χ0v) is 11.0. The van der Waals surface area contributed by atoms with Crippen LogP contribution in [0.4, 0.5) is 0 Å². The van der Waals surface area contributed by atoms with Gasteiger partial charge >= 0.3 is 7.60 Å². The Morgan fingerprint density at radius 3 is 2.38 bits per heavy atom. The first-order valence-electron chi connectivity index (χ1n) is 5.08. The molecule has 0 aromatic carbocycles. The molecule has 1 aromatic rings. The second kappa shape index (κ2) is 6.36. The first kappa shape index (κ1) is 13.7. The van der Waals surface area contributed by atoms with Crippen molar-refractivity contribution in [3.05, 3.63) is 29.0 Å². The normalized spacial score (nSPS) is 11.7. The molecule has 16 heavy (non-hydrogen) atoms. The monoisotopic (exact) mass is 263 g/mol. The minimum atomic E-state index is -3.04. The Labute approximate surface area is 100 Å². The molecule has 1 heterocycles. The van der Waals surface area contributed by atoms with E-state index in [1.807, 2.05) is 0 Å². The van der Waals surface area contributed by atoms with Gasteiger partial charge in [0, 0.05) is 6.20 Å². The van der Waals surface area contributed by atoms with Gasteiger partial charge in [-0.1, -0.05) is 17.7 Å². The Kier molecular flexibility index (Phi) is 5.42. The fourth-order valence-electron chi connectivity index (χ4n) is 1.25. The van der Waals surface area contributed by atoms with Crippen molar-refractivity contribution in [1.82, 2.24) is 4.98 Å². The van der Waals surface area contributed by atoms with E-state index in [0.29, 0.717) is 18.4 Å². The van der Waals surface area contributed by atoms with Crippen LogP contribution in [0.15, 0.2) is 18.3 Å². The van der Waals surface area contributed by atoms with Crippen molar-refractivity contribution in [2.24, 2.45) is 0 Å². The maximum Gasteiger partial charge on any atom is 0.335 e. The second-order valence-electron chi connectivity index (χ2n) is 3.09. The highest BCUT2D eigenvalue weighted by atomic mass is 35.5. The highest BCUT2D eigenvalue weighted by Crippen LogP contribution is 2.51. The molecule has 0 saturated carbocycles. The van der Waals surface area contributed by atoms with E-state index < -0.39 is 7.60 Å². The van der Waals surface area contributed by atoms with Gasteiger partial charge in [0.25, 0.3) is 0 Å². The van der Waals surface area contributed by atoms with Gasteiger partial charge < -0.3 is 9.05 Å². The lowest BCUT2D eigenvalue weighted by molar-refractivity contribution is 0.219. The van der Waals surface area contributed by atoms with Crippen LogP contribution in [0.1, 0.15) is 19.4 Å². The molecule has 0 fully saturated rings. The molecule has 0 aliphatic heterocycles. The lowest BCUT2D eigenvalue weighted by Gasteiger charge is -2.16. The van der Waals surface area contributed by atoms with Crippen LogP contribution in [0.5, 0.6) is 0 Å². The summed E-state index contributed by atoms with van der Waals surface area (Å²) in [5, 5.41) is 0.409. The van der Waals surface area contributed by atoms with Gasteiger partial charge in [-0.3, -0.25) is 4.57 Å². The van der Waals surface area contributed by atoms with E-state index in [2.05, 4.69) is 4.98 Å². The van der Waals surface area contributed by atoms with Crippen molar-refractivity contribution in [2.45, 2.75) is 20.0 Å². The number of nitrogens with zero attached hydrogens (tertiary/aromatic N) is 1. The van der Waals surface area contributed by atoms with Crippen LogP contribution in [-0.4, -0.2) is 18.2 Å². The van der Waals surface area contributed by atoms with Crippen molar-refractivity contribution in [3.8, 4) is 0 Å².